The van der Waals surface area contributed by atoms with Gasteiger partial charge in [0.2, 0.25) is 0 Å². The minimum absolute atomic E-state index is 0.294. The number of hydrogen-bond acceptors (Lipinski definition) is 1. The van der Waals surface area contributed by atoms with Crippen molar-refractivity contribution in [3.8, 4) is 11.8 Å². The Labute approximate surface area is 139 Å². The fraction of sp³-hybridized carbons (Fsp3) is 0.591. The second-order valence-corrected chi connectivity index (χ2v) is 7.82. The number of allylic oxidation sites excluding steroid dienone is 6. The lowest BCUT2D eigenvalue weighted by Crippen LogP contribution is -2.38. The molecule has 0 aromatic carbocycles. The molecule has 1 nitrogen and oxygen atoms in total. The van der Waals surface area contributed by atoms with Crippen molar-refractivity contribution >= 4 is 5.78 Å². The molecule has 3 atom stereocenters. The Morgan fingerprint density at radius 2 is 2.13 bits per heavy atom. The van der Waals surface area contributed by atoms with Crippen LogP contribution in [-0.4, -0.2) is 5.78 Å². The quantitative estimate of drug-likeness (QED) is 0.566. The van der Waals surface area contributed by atoms with Crippen molar-refractivity contribution in [3.63, 3.8) is 0 Å². The van der Waals surface area contributed by atoms with E-state index in [1.54, 1.807) is 11.1 Å². The van der Waals surface area contributed by atoms with Gasteiger partial charge in [0.05, 0.1) is 0 Å². The largest absolute Gasteiger partial charge is 0.295 e. The topological polar surface area (TPSA) is 17.1 Å². The Balaban J connectivity index is 1.68. The summed E-state index contributed by atoms with van der Waals surface area (Å²) >= 11 is 0. The van der Waals surface area contributed by atoms with Gasteiger partial charge in [-0.1, -0.05) is 37.3 Å². The van der Waals surface area contributed by atoms with Gasteiger partial charge in [-0.2, -0.15) is 0 Å². The summed E-state index contributed by atoms with van der Waals surface area (Å²) in [5.41, 5.74) is 6.34. The van der Waals surface area contributed by atoms with Crippen LogP contribution in [0.4, 0.5) is 0 Å². The standard InChI is InChI=1S/C22H26O/c1-3-4-5-16-7-11-21-20-9-6-15-14-17(23)8-10-18(15)19(20)12-13-22(16,21)2/h7,14,20-21H,3,6,8-13H2,1-2H3. The second kappa shape index (κ2) is 5.52. The molecule has 3 unspecified atom stereocenters. The average Bonchev–Trinajstić information content (AvgIpc) is 2.89. The minimum Gasteiger partial charge on any atom is -0.295 e. The molecule has 0 N–H and O–H groups in total. The molecule has 0 spiro atoms. The van der Waals surface area contributed by atoms with E-state index >= 15 is 0 Å². The fourth-order valence-corrected chi connectivity index (χ4v) is 5.48. The van der Waals surface area contributed by atoms with Crippen LogP contribution in [0, 0.1) is 29.1 Å². The predicted molar refractivity (Wildman–Crippen MR) is 93.7 cm³/mol. The van der Waals surface area contributed by atoms with E-state index in [0.717, 1.165) is 37.5 Å². The average molecular weight is 306 g/mol. The van der Waals surface area contributed by atoms with Gasteiger partial charge in [0.25, 0.3) is 0 Å². The SMILES string of the molecule is CCC#CC1=CCC2C3CCC4=CC(=O)CCC4=C3CCC12C. The lowest BCUT2D eigenvalue weighted by molar-refractivity contribution is -0.114. The van der Waals surface area contributed by atoms with Gasteiger partial charge in [0.1, 0.15) is 0 Å². The van der Waals surface area contributed by atoms with Crippen LogP contribution in [-0.2, 0) is 4.79 Å². The molecule has 0 heterocycles. The maximum atomic E-state index is 11.7. The van der Waals surface area contributed by atoms with Crippen molar-refractivity contribution in [1.82, 2.24) is 0 Å². The van der Waals surface area contributed by atoms with Gasteiger partial charge in [-0.3, -0.25) is 4.79 Å². The van der Waals surface area contributed by atoms with Gasteiger partial charge in [-0.25, -0.2) is 0 Å². The Hall–Kier alpha value is -1.55. The number of carbonyl (C=O) groups excluding carboxylic acids is 1. The summed E-state index contributed by atoms with van der Waals surface area (Å²) in [6, 6.07) is 0. The van der Waals surface area contributed by atoms with E-state index in [1.165, 1.54) is 36.8 Å². The van der Waals surface area contributed by atoms with Gasteiger partial charge < -0.3 is 0 Å². The second-order valence-electron chi connectivity index (χ2n) is 7.82. The molecule has 120 valence electrons. The van der Waals surface area contributed by atoms with Crippen LogP contribution < -0.4 is 0 Å². The Morgan fingerprint density at radius 3 is 2.96 bits per heavy atom. The molecule has 0 saturated heterocycles. The highest BCUT2D eigenvalue weighted by Gasteiger charge is 2.50. The monoisotopic (exact) mass is 306 g/mol. The highest BCUT2D eigenvalue weighted by molar-refractivity contribution is 5.93. The van der Waals surface area contributed by atoms with Crippen molar-refractivity contribution in [2.45, 2.75) is 65.2 Å². The predicted octanol–water partition coefficient (Wildman–Crippen LogP) is 5.14. The van der Waals surface area contributed by atoms with Crippen molar-refractivity contribution in [2.24, 2.45) is 17.3 Å². The van der Waals surface area contributed by atoms with Crippen LogP contribution in [0.5, 0.6) is 0 Å². The van der Waals surface area contributed by atoms with Gasteiger partial charge >= 0.3 is 0 Å². The summed E-state index contributed by atoms with van der Waals surface area (Å²) in [5.74, 6) is 8.56. The highest BCUT2D eigenvalue weighted by atomic mass is 16.1. The highest BCUT2D eigenvalue weighted by Crippen LogP contribution is 2.59. The molecule has 1 heteroatoms. The fourth-order valence-electron chi connectivity index (χ4n) is 5.48. The molecule has 0 aromatic rings. The Bertz CT molecular complexity index is 706. The summed E-state index contributed by atoms with van der Waals surface area (Å²) in [6.07, 6.45) is 13.0. The first-order chi connectivity index (χ1) is 11.1. The van der Waals surface area contributed by atoms with Crippen molar-refractivity contribution in [1.29, 1.82) is 0 Å². The van der Waals surface area contributed by atoms with Gasteiger partial charge in [0, 0.05) is 23.8 Å². The van der Waals surface area contributed by atoms with E-state index in [1.807, 2.05) is 6.08 Å². The molecule has 23 heavy (non-hydrogen) atoms. The molecule has 0 bridgehead atoms. The van der Waals surface area contributed by atoms with Crippen LogP contribution in [0.25, 0.3) is 0 Å². The first-order valence-corrected chi connectivity index (χ1v) is 9.28. The van der Waals surface area contributed by atoms with Crippen molar-refractivity contribution in [3.05, 3.63) is 34.4 Å². The van der Waals surface area contributed by atoms with Crippen LogP contribution in [0.2, 0.25) is 0 Å². The molecule has 4 rings (SSSR count). The van der Waals surface area contributed by atoms with Crippen LogP contribution in [0.3, 0.4) is 0 Å². The summed E-state index contributed by atoms with van der Waals surface area (Å²) in [5, 5.41) is 0. The molecule has 0 aliphatic heterocycles. The molecular weight excluding hydrogens is 280 g/mol. The first kappa shape index (κ1) is 15.0. The number of hydrogen-bond donors (Lipinski definition) is 0. The summed E-state index contributed by atoms with van der Waals surface area (Å²) in [6.45, 7) is 4.59. The maximum absolute atomic E-state index is 11.7. The third-order valence-corrected chi connectivity index (χ3v) is 6.71. The zero-order valence-corrected chi connectivity index (χ0v) is 14.4. The lowest BCUT2D eigenvalue weighted by atomic mass is 9.56. The number of ketones is 1. The van der Waals surface area contributed by atoms with E-state index < -0.39 is 0 Å². The number of carbonyl (C=O) groups is 1. The molecule has 0 amide bonds. The molecule has 1 fully saturated rings. The summed E-state index contributed by atoms with van der Waals surface area (Å²) < 4.78 is 0. The number of rotatable bonds is 0. The molecule has 0 radical (unpaired) electrons. The smallest absolute Gasteiger partial charge is 0.156 e. The molecule has 1 saturated carbocycles. The van der Waals surface area contributed by atoms with Crippen molar-refractivity contribution in [2.75, 3.05) is 0 Å². The van der Waals surface area contributed by atoms with Gasteiger partial charge in [0.15, 0.2) is 5.78 Å². The van der Waals surface area contributed by atoms with E-state index in [9.17, 15) is 4.79 Å². The van der Waals surface area contributed by atoms with E-state index in [0.29, 0.717) is 11.2 Å². The van der Waals surface area contributed by atoms with E-state index in [2.05, 4.69) is 31.8 Å². The Morgan fingerprint density at radius 1 is 1.26 bits per heavy atom. The molecular formula is C22H26O. The van der Waals surface area contributed by atoms with Crippen LogP contribution in [0.1, 0.15) is 65.2 Å². The molecule has 0 aromatic heterocycles. The number of fused-ring (bicyclic) bond motifs is 4. The summed E-state index contributed by atoms with van der Waals surface area (Å²) in [7, 11) is 0. The van der Waals surface area contributed by atoms with Crippen molar-refractivity contribution < 1.29 is 4.79 Å². The van der Waals surface area contributed by atoms with E-state index in [-0.39, 0.29) is 0 Å². The summed E-state index contributed by atoms with van der Waals surface area (Å²) in [4.78, 5) is 11.7. The van der Waals surface area contributed by atoms with E-state index in [4.69, 9.17) is 0 Å². The maximum Gasteiger partial charge on any atom is 0.156 e. The normalized spacial score (nSPS) is 35.5. The minimum atomic E-state index is 0.294. The zero-order chi connectivity index (χ0) is 16.0. The Kier molecular flexibility index (Phi) is 3.60. The lowest BCUT2D eigenvalue weighted by Gasteiger charge is -2.47. The third-order valence-electron chi connectivity index (χ3n) is 6.71. The van der Waals surface area contributed by atoms with Gasteiger partial charge in [-0.15, -0.1) is 0 Å². The van der Waals surface area contributed by atoms with Crippen LogP contribution >= 0.6 is 0 Å². The molecule has 4 aliphatic carbocycles. The third kappa shape index (κ3) is 2.26. The molecule has 4 aliphatic rings. The van der Waals surface area contributed by atoms with Crippen LogP contribution in [0.15, 0.2) is 34.4 Å². The van der Waals surface area contributed by atoms with Gasteiger partial charge in [-0.05, 0) is 67.6 Å². The zero-order valence-electron chi connectivity index (χ0n) is 14.4. The first-order valence-electron chi connectivity index (χ1n) is 9.28.